The Morgan fingerprint density at radius 3 is 2.39 bits per heavy atom. The molecule has 3 aliphatic rings. The second kappa shape index (κ2) is 4.56. The molecule has 3 rings (SSSR count). The van der Waals surface area contributed by atoms with E-state index in [4.69, 9.17) is 0 Å². The molecule has 18 heavy (non-hydrogen) atoms. The summed E-state index contributed by atoms with van der Waals surface area (Å²) in [7, 11) is 0. The van der Waals surface area contributed by atoms with Crippen molar-refractivity contribution in [2.75, 3.05) is 6.54 Å². The van der Waals surface area contributed by atoms with E-state index in [-0.39, 0.29) is 24.0 Å². The fraction of sp³-hybridized carbons (Fsp3) is 0.857. The Kier molecular flexibility index (Phi) is 3.04. The Labute approximate surface area is 108 Å². The molecule has 2 unspecified atom stereocenters. The number of nitrogens with zero attached hydrogens (tertiary/aromatic N) is 2. The average molecular weight is 250 g/mol. The minimum absolute atomic E-state index is 0.0107. The lowest BCUT2D eigenvalue weighted by Crippen LogP contribution is -2.44. The maximum Gasteiger partial charge on any atom is 0.327 e. The van der Waals surface area contributed by atoms with Crippen molar-refractivity contribution >= 4 is 11.9 Å². The van der Waals surface area contributed by atoms with E-state index in [9.17, 15) is 9.59 Å². The summed E-state index contributed by atoms with van der Waals surface area (Å²) in [6.45, 7) is 2.87. The molecule has 0 bridgehead atoms. The Bertz CT molecular complexity index is 363. The van der Waals surface area contributed by atoms with Crippen LogP contribution in [0.25, 0.3) is 0 Å². The molecular weight excluding hydrogens is 228 g/mol. The highest BCUT2D eigenvalue weighted by Crippen LogP contribution is 2.34. The molecule has 4 nitrogen and oxygen atoms in total. The third-order valence-electron chi connectivity index (χ3n) is 4.82. The lowest BCUT2D eigenvalue weighted by molar-refractivity contribution is -0.132. The predicted molar refractivity (Wildman–Crippen MR) is 68.0 cm³/mol. The number of fused-ring (bicyclic) bond motifs is 1. The van der Waals surface area contributed by atoms with Crippen LogP contribution >= 0.6 is 0 Å². The van der Waals surface area contributed by atoms with E-state index in [1.54, 1.807) is 4.90 Å². The number of rotatable bonds is 1. The molecule has 3 amide bonds. The van der Waals surface area contributed by atoms with Crippen LogP contribution in [0.15, 0.2) is 0 Å². The smallest absolute Gasteiger partial charge is 0.312 e. The first-order chi connectivity index (χ1) is 8.70. The SMILES string of the molecule is CC1CCCN2C(=O)N(C3CCCCC3)C(=O)C12. The van der Waals surface area contributed by atoms with Crippen LogP contribution in [0.1, 0.15) is 51.9 Å². The molecule has 1 saturated carbocycles. The Morgan fingerprint density at radius 2 is 1.72 bits per heavy atom. The maximum atomic E-state index is 12.5. The van der Waals surface area contributed by atoms with Gasteiger partial charge < -0.3 is 4.90 Å². The van der Waals surface area contributed by atoms with Crippen molar-refractivity contribution in [2.24, 2.45) is 5.92 Å². The highest BCUT2D eigenvalue weighted by atomic mass is 16.2. The van der Waals surface area contributed by atoms with Crippen LogP contribution in [0, 0.1) is 5.92 Å². The van der Waals surface area contributed by atoms with Crippen LogP contribution in [0.2, 0.25) is 0 Å². The average Bonchev–Trinajstić information content (AvgIpc) is 2.64. The zero-order valence-corrected chi connectivity index (χ0v) is 11.1. The predicted octanol–water partition coefficient (Wildman–Crippen LogP) is 2.38. The van der Waals surface area contributed by atoms with Crippen molar-refractivity contribution < 1.29 is 9.59 Å². The van der Waals surface area contributed by atoms with E-state index in [0.29, 0.717) is 5.92 Å². The number of urea groups is 1. The van der Waals surface area contributed by atoms with Crippen LogP contribution < -0.4 is 0 Å². The van der Waals surface area contributed by atoms with Gasteiger partial charge in [0.1, 0.15) is 6.04 Å². The number of hydrogen-bond acceptors (Lipinski definition) is 2. The van der Waals surface area contributed by atoms with Gasteiger partial charge in [-0.2, -0.15) is 0 Å². The van der Waals surface area contributed by atoms with Crippen LogP contribution in [-0.4, -0.2) is 40.4 Å². The number of carbonyl (C=O) groups excluding carboxylic acids is 2. The van der Waals surface area contributed by atoms with Gasteiger partial charge in [-0.15, -0.1) is 0 Å². The summed E-state index contributed by atoms with van der Waals surface area (Å²) in [5, 5.41) is 0. The number of hydrogen-bond donors (Lipinski definition) is 0. The number of amides is 3. The molecule has 1 aliphatic carbocycles. The molecule has 2 aliphatic heterocycles. The van der Waals surface area contributed by atoms with Gasteiger partial charge in [-0.25, -0.2) is 4.79 Å². The molecule has 2 saturated heterocycles. The second-order valence-electron chi connectivity index (χ2n) is 6.04. The van der Waals surface area contributed by atoms with Gasteiger partial charge in [-0.3, -0.25) is 9.69 Å². The first-order valence-electron chi connectivity index (χ1n) is 7.34. The van der Waals surface area contributed by atoms with E-state index in [1.807, 2.05) is 4.90 Å². The summed E-state index contributed by atoms with van der Waals surface area (Å²) < 4.78 is 0. The van der Waals surface area contributed by atoms with E-state index < -0.39 is 0 Å². The molecule has 0 radical (unpaired) electrons. The van der Waals surface area contributed by atoms with E-state index in [1.165, 1.54) is 6.42 Å². The summed E-state index contributed by atoms with van der Waals surface area (Å²) in [4.78, 5) is 28.4. The first kappa shape index (κ1) is 12.0. The van der Waals surface area contributed by atoms with Gasteiger partial charge in [-0.05, 0) is 31.6 Å². The summed E-state index contributed by atoms with van der Waals surface area (Å²) in [6.07, 6.45) is 7.67. The fourth-order valence-electron chi connectivity index (χ4n) is 3.83. The van der Waals surface area contributed by atoms with Gasteiger partial charge in [0.05, 0.1) is 0 Å². The third-order valence-corrected chi connectivity index (χ3v) is 4.82. The summed E-state index contributed by atoms with van der Waals surface area (Å²) in [5.74, 6) is 0.405. The van der Waals surface area contributed by atoms with Gasteiger partial charge in [-0.1, -0.05) is 26.2 Å². The first-order valence-corrected chi connectivity index (χ1v) is 7.34. The molecule has 0 aromatic heterocycles. The zero-order valence-electron chi connectivity index (χ0n) is 11.1. The van der Waals surface area contributed by atoms with Crippen LogP contribution in [0.4, 0.5) is 4.79 Å². The van der Waals surface area contributed by atoms with Crippen molar-refractivity contribution in [3.05, 3.63) is 0 Å². The van der Waals surface area contributed by atoms with E-state index >= 15 is 0 Å². The standard InChI is InChI=1S/C14H22N2O2/c1-10-6-5-9-15-12(10)13(17)16(14(15)18)11-7-3-2-4-8-11/h10-12H,2-9H2,1H3. The van der Waals surface area contributed by atoms with E-state index in [0.717, 1.165) is 45.1 Å². The summed E-state index contributed by atoms with van der Waals surface area (Å²) in [5.41, 5.74) is 0. The van der Waals surface area contributed by atoms with Gasteiger partial charge in [0.25, 0.3) is 5.91 Å². The summed E-state index contributed by atoms with van der Waals surface area (Å²) >= 11 is 0. The minimum Gasteiger partial charge on any atom is -0.312 e. The molecule has 3 fully saturated rings. The molecule has 0 aromatic rings. The topological polar surface area (TPSA) is 40.6 Å². The molecule has 0 N–H and O–H groups in total. The molecule has 4 heteroatoms. The van der Waals surface area contributed by atoms with Gasteiger partial charge in [0, 0.05) is 12.6 Å². The maximum absolute atomic E-state index is 12.5. The third kappa shape index (κ3) is 1.73. The number of imide groups is 1. The van der Waals surface area contributed by atoms with Crippen LogP contribution in [-0.2, 0) is 4.79 Å². The van der Waals surface area contributed by atoms with Crippen molar-refractivity contribution in [1.29, 1.82) is 0 Å². The van der Waals surface area contributed by atoms with Crippen LogP contribution in [0.5, 0.6) is 0 Å². The minimum atomic E-state index is -0.159. The van der Waals surface area contributed by atoms with Gasteiger partial charge in [0.15, 0.2) is 0 Å². The zero-order chi connectivity index (χ0) is 12.7. The number of carbonyl (C=O) groups is 2. The normalized spacial score (nSPS) is 34.1. The lowest BCUT2D eigenvalue weighted by atomic mass is 9.90. The van der Waals surface area contributed by atoms with Crippen molar-refractivity contribution in [2.45, 2.75) is 64.0 Å². The van der Waals surface area contributed by atoms with Crippen molar-refractivity contribution in [3.8, 4) is 0 Å². The molecular formula is C14H22N2O2. The Balaban J connectivity index is 1.83. The van der Waals surface area contributed by atoms with Gasteiger partial charge in [0.2, 0.25) is 0 Å². The largest absolute Gasteiger partial charge is 0.327 e. The number of piperidine rings is 1. The van der Waals surface area contributed by atoms with E-state index in [2.05, 4.69) is 6.92 Å². The fourth-order valence-corrected chi connectivity index (χ4v) is 3.83. The summed E-state index contributed by atoms with van der Waals surface area (Å²) in [6, 6.07) is 0.00757. The monoisotopic (exact) mass is 250 g/mol. The molecule has 0 aromatic carbocycles. The Hall–Kier alpha value is -1.06. The molecule has 0 spiro atoms. The quantitative estimate of drug-likeness (QED) is 0.670. The molecule has 2 heterocycles. The Morgan fingerprint density at radius 1 is 1.00 bits per heavy atom. The van der Waals surface area contributed by atoms with Crippen molar-refractivity contribution in [3.63, 3.8) is 0 Å². The highest BCUT2D eigenvalue weighted by molar-refractivity contribution is 6.04. The molecule has 2 atom stereocenters. The lowest BCUT2D eigenvalue weighted by Gasteiger charge is -2.31. The second-order valence-corrected chi connectivity index (χ2v) is 6.04. The molecule has 100 valence electrons. The van der Waals surface area contributed by atoms with Gasteiger partial charge >= 0.3 is 6.03 Å². The van der Waals surface area contributed by atoms with Crippen molar-refractivity contribution in [1.82, 2.24) is 9.80 Å². The van der Waals surface area contributed by atoms with Crippen LogP contribution in [0.3, 0.4) is 0 Å². The highest BCUT2D eigenvalue weighted by Gasteiger charge is 2.50.